The number of anilines is 2. The topological polar surface area (TPSA) is 68.8 Å². The molecule has 2 aromatic rings. The van der Waals surface area contributed by atoms with Gasteiger partial charge in [-0.25, -0.2) is 0 Å². The van der Waals surface area contributed by atoms with E-state index >= 15 is 0 Å². The number of hydrogen-bond donors (Lipinski definition) is 2. The number of rotatable bonds is 8. The van der Waals surface area contributed by atoms with Crippen molar-refractivity contribution in [2.75, 3.05) is 38.5 Å². The first-order valence-electron chi connectivity index (χ1n) is 7.66. The summed E-state index contributed by atoms with van der Waals surface area (Å²) in [5.74, 6) is 1.58. The van der Waals surface area contributed by atoms with Gasteiger partial charge in [-0.2, -0.15) is 0 Å². The Morgan fingerprint density at radius 2 is 1.68 bits per heavy atom. The molecule has 0 saturated heterocycles. The molecule has 0 aliphatic rings. The summed E-state index contributed by atoms with van der Waals surface area (Å²) in [6.07, 6.45) is 0.292. The van der Waals surface area contributed by atoms with Crippen LogP contribution in [0.3, 0.4) is 0 Å². The minimum atomic E-state index is -0.149. The van der Waals surface area contributed by atoms with Crippen LogP contribution in [0.25, 0.3) is 0 Å². The zero-order chi connectivity index (χ0) is 18.2. The summed E-state index contributed by atoms with van der Waals surface area (Å²) in [6, 6.07) is 10.7. The van der Waals surface area contributed by atoms with E-state index in [1.165, 1.54) is 14.2 Å². The van der Waals surface area contributed by atoms with Crippen molar-refractivity contribution in [1.29, 1.82) is 0 Å². The number of hydrogen-bond acceptors (Lipinski definition) is 5. The third-order valence-electron chi connectivity index (χ3n) is 3.52. The first kappa shape index (κ1) is 18.7. The second kappa shape index (κ2) is 9.03. The highest BCUT2D eigenvalue weighted by molar-refractivity contribution is 6.32. The van der Waals surface area contributed by atoms with Gasteiger partial charge in [-0.1, -0.05) is 11.6 Å². The predicted molar refractivity (Wildman–Crippen MR) is 99.3 cm³/mol. The van der Waals surface area contributed by atoms with Gasteiger partial charge in [-0.15, -0.1) is 0 Å². The van der Waals surface area contributed by atoms with Gasteiger partial charge in [0.25, 0.3) is 0 Å². The van der Waals surface area contributed by atoms with E-state index in [0.29, 0.717) is 35.2 Å². The van der Waals surface area contributed by atoms with Crippen LogP contribution in [0.2, 0.25) is 5.02 Å². The number of halogens is 1. The van der Waals surface area contributed by atoms with E-state index in [-0.39, 0.29) is 5.91 Å². The summed E-state index contributed by atoms with van der Waals surface area (Å²) < 4.78 is 15.5. The lowest BCUT2D eigenvalue weighted by molar-refractivity contribution is -0.116. The normalized spacial score (nSPS) is 10.1. The van der Waals surface area contributed by atoms with Gasteiger partial charge in [0, 0.05) is 30.8 Å². The van der Waals surface area contributed by atoms with Gasteiger partial charge >= 0.3 is 0 Å². The standard InChI is InChI=1S/C18H21ClN2O4/c1-23-13-6-4-12(5-7-13)20-9-8-18(22)21-15-11-16(24-2)14(19)10-17(15)25-3/h4-7,10-11,20H,8-9H2,1-3H3,(H,21,22). The molecule has 0 atom stereocenters. The third-order valence-corrected chi connectivity index (χ3v) is 3.81. The average Bonchev–Trinajstić information content (AvgIpc) is 2.63. The van der Waals surface area contributed by atoms with Gasteiger partial charge in [0.2, 0.25) is 5.91 Å². The summed E-state index contributed by atoms with van der Waals surface area (Å²) in [6.45, 7) is 0.491. The monoisotopic (exact) mass is 364 g/mol. The molecule has 0 radical (unpaired) electrons. The molecule has 0 fully saturated rings. The van der Waals surface area contributed by atoms with E-state index < -0.39 is 0 Å². The lowest BCUT2D eigenvalue weighted by atomic mass is 10.2. The highest BCUT2D eigenvalue weighted by Gasteiger charge is 2.12. The minimum absolute atomic E-state index is 0.149. The maximum absolute atomic E-state index is 12.2. The van der Waals surface area contributed by atoms with Crippen LogP contribution in [0.15, 0.2) is 36.4 Å². The molecule has 6 nitrogen and oxygen atoms in total. The fraction of sp³-hybridized carbons (Fsp3) is 0.278. The first-order valence-corrected chi connectivity index (χ1v) is 8.04. The molecular formula is C18H21ClN2O4. The summed E-state index contributed by atoms with van der Waals surface area (Å²) in [5, 5.41) is 6.40. The van der Waals surface area contributed by atoms with Gasteiger partial charge in [-0.05, 0) is 24.3 Å². The SMILES string of the molecule is COc1ccc(NCCC(=O)Nc2cc(OC)c(Cl)cc2OC)cc1. The Hall–Kier alpha value is -2.60. The molecule has 2 N–H and O–H groups in total. The van der Waals surface area contributed by atoms with Crippen LogP contribution in [-0.4, -0.2) is 33.8 Å². The second-order valence-corrected chi connectivity index (χ2v) is 5.55. The predicted octanol–water partition coefficient (Wildman–Crippen LogP) is 3.81. The highest BCUT2D eigenvalue weighted by Crippen LogP contribution is 2.35. The molecule has 0 bridgehead atoms. The van der Waals surface area contributed by atoms with Crippen LogP contribution < -0.4 is 24.8 Å². The molecule has 25 heavy (non-hydrogen) atoms. The number of carbonyl (C=O) groups is 1. The van der Waals surface area contributed by atoms with E-state index in [2.05, 4.69) is 10.6 Å². The smallest absolute Gasteiger partial charge is 0.226 e. The fourth-order valence-electron chi connectivity index (χ4n) is 2.20. The van der Waals surface area contributed by atoms with E-state index in [4.69, 9.17) is 25.8 Å². The quantitative estimate of drug-likeness (QED) is 0.745. The van der Waals surface area contributed by atoms with Crippen LogP contribution in [-0.2, 0) is 4.79 Å². The van der Waals surface area contributed by atoms with E-state index in [0.717, 1.165) is 11.4 Å². The Kier molecular flexibility index (Phi) is 6.77. The van der Waals surface area contributed by atoms with Crippen LogP contribution in [0.1, 0.15) is 6.42 Å². The molecule has 0 aliphatic heterocycles. The Balaban J connectivity index is 1.91. The summed E-state index contributed by atoms with van der Waals surface area (Å²) >= 11 is 6.05. The number of benzene rings is 2. The number of methoxy groups -OCH3 is 3. The van der Waals surface area contributed by atoms with Crippen molar-refractivity contribution >= 4 is 28.9 Å². The van der Waals surface area contributed by atoms with Crippen molar-refractivity contribution in [1.82, 2.24) is 0 Å². The molecule has 134 valence electrons. The third kappa shape index (κ3) is 5.19. The van der Waals surface area contributed by atoms with Crippen LogP contribution in [0.4, 0.5) is 11.4 Å². The maximum atomic E-state index is 12.2. The molecule has 2 aromatic carbocycles. The van der Waals surface area contributed by atoms with Crippen molar-refractivity contribution < 1.29 is 19.0 Å². The number of ether oxygens (including phenoxy) is 3. The first-order chi connectivity index (χ1) is 12.1. The Morgan fingerprint density at radius 1 is 1.00 bits per heavy atom. The molecule has 0 aliphatic carbocycles. The number of carbonyl (C=O) groups excluding carboxylic acids is 1. The Morgan fingerprint density at radius 3 is 2.28 bits per heavy atom. The van der Waals surface area contributed by atoms with Crippen molar-refractivity contribution in [2.24, 2.45) is 0 Å². The molecular weight excluding hydrogens is 344 g/mol. The number of nitrogens with one attached hydrogen (secondary N) is 2. The molecule has 0 unspecified atom stereocenters. The van der Waals surface area contributed by atoms with Gasteiger partial charge in [0.1, 0.15) is 17.2 Å². The highest BCUT2D eigenvalue weighted by atomic mass is 35.5. The summed E-state index contributed by atoms with van der Waals surface area (Å²) in [5.41, 5.74) is 1.43. The van der Waals surface area contributed by atoms with Gasteiger partial charge in [0.15, 0.2) is 0 Å². The summed E-state index contributed by atoms with van der Waals surface area (Å²) in [4.78, 5) is 12.2. The van der Waals surface area contributed by atoms with E-state index in [1.54, 1.807) is 19.2 Å². The molecule has 1 amide bonds. The minimum Gasteiger partial charge on any atom is -0.497 e. The molecule has 0 heterocycles. The molecule has 0 aromatic heterocycles. The van der Waals surface area contributed by atoms with E-state index in [9.17, 15) is 4.79 Å². The zero-order valence-electron chi connectivity index (χ0n) is 14.4. The van der Waals surface area contributed by atoms with Gasteiger partial charge in [-0.3, -0.25) is 4.79 Å². The number of amides is 1. The van der Waals surface area contributed by atoms with Crippen LogP contribution >= 0.6 is 11.6 Å². The Bertz CT molecular complexity index is 720. The lowest BCUT2D eigenvalue weighted by Crippen LogP contribution is -2.16. The maximum Gasteiger partial charge on any atom is 0.226 e. The van der Waals surface area contributed by atoms with Crippen molar-refractivity contribution in [3.8, 4) is 17.2 Å². The molecule has 0 spiro atoms. The van der Waals surface area contributed by atoms with Gasteiger partial charge in [0.05, 0.1) is 32.0 Å². The van der Waals surface area contributed by atoms with Crippen LogP contribution in [0.5, 0.6) is 17.2 Å². The van der Waals surface area contributed by atoms with Crippen molar-refractivity contribution in [3.63, 3.8) is 0 Å². The fourth-order valence-corrected chi connectivity index (χ4v) is 2.43. The Labute approximate surface area is 152 Å². The van der Waals surface area contributed by atoms with Crippen LogP contribution in [0, 0.1) is 0 Å². The molecule has 2 rings (SSSR count). The van der Waals surface area contributed by atoms with E-state index in [1.807, 2.05) is 24.3 Å². The zero-order valence-corrected chi connectivity index (χ0v) is 15.1. The second-order valence-electron chi connectivity index (χ2n) is 5.14. The lowest BCUT2D eigenvalue weighted by Gasteiger charge is -2.13. The van der Waals surface area contributed by atoms with Crippen molar-refractivity contribution in [3.05, 3.63) is 41.4 Å². The summed E-state index contributed by atoms with van der Waals surface area (Å²) in [7, 11) is 4.64. The van der Waals surface area contributed by atoms with Crippen molar-refractivity contribution in [2.45, 2.75) is 6.42 Å². The molecule has 7 heteroatoms. The average molecular weight is 365 g/mol. The largest absolute Gasteiger partial charge is 0.497 e. The molecule has 0 saturated carbocycles. The van der Waals surface area contributed by atoms with Gasteiger partial charge < -0.3 is 24.8 Å².